The highest BCUT2D eigenvalue weighted by molar-refractivity contribution is 6.01. The van der Waals surface area contributed by atoms with Crippen LogP contribution >= 0.6 is 0 Å². The molecule has 0 aliphatic carbocycles. The fourth-order valence-electron chi connectivity index (χ4n) is 5.15. The van der Waals surface area contributed by atoms with Gasteiger partial charge in [0, 0.05) is 31.7 Å². The number of rotatable bonds is 4. The van der Waals surface area contributed by atoms with Crippen molar-refractivity contribution in [3.8, 4) is 0 Å². The Bertz CT molecular complexity index is 913. The summed E-state index contributed by atoms with van der Waals surface area (Å²) < 4.78 is 20.6. The van der Waals surface area contributed by atoms with Crippen LogP contribution in [0.15, 0.2) is 18.2 Å². The van der Waals surface area contributed by atoms with E-state index in [2.05, 4.69) is 10.2 Å². The number of amides is 2. The molecule has 8 heteroatoms. The topological polar surface area (TPSA) is 79.0 Å². The highest BCUT2D eigenvalue weighted by Gasteiger charge is 2.39. The van der Waals surface area contributed by atoms with Gasteiger partial charge in [0.05, 0.1) is 18.5 Å². The number of esters is 1. The maximum Gasteiger partial charge on any atom is 0.320 e. The van der Waals surface area contributed by atoms with Gasteiger partial charge in [-0.05, 0) is 57.2 Å². The summed E-state index contributed by atoms with van der Waals surface area (Å²) >= 11 is 0. The van der Waals surface area contributed by atoms with Gasteiger partial charge < -0.3 is 9.64 Å². The van der Waals surface area contributed by atoms with Gasteiger partial charge in [0.25, 0.3) is 0 Å². The number of nitrogens with one attached hydrogen (secondary N) is 1. The molecule has 3 atom stereocenters. The van der Waals surface area contributed by atoms with Gasteiger partial charge in [0.1, 0.15) is 11.8 Å². The number of halogens is 1. The molecular weight excluding hydrogens is 413 g/mol. The van der Waals surface area contributed by atoms with Crippen LogP contribution in [0.25, 0.3) is 0 Å². The molecule has 0 bridgehead atoms. The zero-order chi connectivity index (χ0) is 23.0. The van der Waals surface area contributed by atoms with E-state index in [1.54, 1.807) is 0 Å². The van der Waals surface area contributed by atoms with Crippen LogP contribution in [-0.4, -0.2) is 66.7 Å². The van der Waals surface area contributed by atoms with E-state index in [4.69, 9.17) is 4.74 Å². The molecule has 1 aromatic carbocycles. The number of likely N-dealkylation sites (tertiary alicyclic amines) is 1. The maximum absolute atomic E-state index is 15.3. The Morgan fingerprint density at radius 2 is 1.97 bits per heavy atom. The molecule has 0 spiro atoms. The van der Waals surface area contributed by atoms with Gasteiger partial charge in [-0.15, -0.1) is 0 Å². The minimum atomic E-state index is -1.09. The second-order valence-electron chi connectivity index (χ2n) is 9.99. The summed E-state index contributed by atoms with van der Waals surface area (Å²) in [6.07, 6.45) is 1.14. The molecule has 4 rings (SSSR count). The van der Waals surface area contributed by atoms with Gasteiger partial charge in [-0.3, -0.25) is 24.6 Å². The van der Waals surface area contributed by atoms with Crippen LogP contribution in [-0.2, 0) is 25.5 Å². The van der Waals surface area contributed by atoms with Crippen molar-refractivity contribution in [2.75, 3.05) is 31.1 Å². The van der Waals surface area contributed by atoms with Crippen LogP contribution in [0.2, 0.25) is 0 Å². The Hall–Kier alpha value is -2.48. The summed E-state index contributed by atoms with van der Waals surface area (Å²) in [5.41, 5.74) is 2.47. The molecular formula is C24H32FN3O4. The Morgan fingerprint density at radius 3 is 2.66 bits per heavy atom. The molecule has 3 aliphatic rings. The standard InChI is InChI=1S/C24H32FN3O4/c1-24(2,3)32-22(30)14-27-11-10-20(18(25)13-27)28-12-9-16-15(5-4-6-19(16)28)17-7-8-21(29)26-23(17)31/h4-6,17-18,20H,7-14H2,1-3H3,(H,26,29,31)/t17-,18-,20-/m1/s1. The van der Waals surface area contributed by atoms with Crippen LogP contribution in [0, 0.1) is 0 Å². The molecule has 7 nitrogen and oxygen atoms in total. The predicted molar refractivity (Wildman–Crippen MR) is 118 cm³/mol. The van der Waals surface area contributed by atoms with Crippen molar-refractivity contribution >= 4 is 23.5 Å². The van der Waals surface area contributed by atoms with Crippen LogP contribution < -0.4 is 10.2 Å². The Kier molecular flexibility index (Phi) is 6.25. The number of benzene rings is 1. The average Bonchev–Trinajstić information content (AvgIpc) is 3.11. The average molecular weight is 446 g/mol. The van der Waals surface area contributed by atoms with Crippen molar-refractivity contribution in [3.63, 3.8) is 0 Å². The van der Waals surface area contributed by atoms with Gasteiger partial charge in [0.2, 0.25) is 11.8 Å². The van der Waals surface area contributed by atoms with Crippen molar-refractivity contribution in [3.05, 3.63) is 29.3 Å². The second-order valence-corrected chi connectivity index (χ2v) is 9.99. The Labute approximate surface area is 188 Å². The molecule has 2 fully saturated rings. The Morgan fingerprint density at radius 1 is 1.19 bits per heavy atom. The Balaban J connectivity index is 1.44. The third-order valence-electron chi connectivity index (χ3n) is 6.48. The lowest BCUT2D eigenvalue weighted by atomic mass is 9.86. The van der Waals surface area contributed by atoms with Crippen molar-refractivity contribution < 1.29 is 23.5 Å². The molecule has 0 radical (unpaired) electrons. The number of alkyl halides is 1. The van der Waals surface area contributed by atoms with Gasteiger partial charge in [-0.2, -0.15) is 0 Å². The van der Waals surface area contributed by atoms with E-state index in [0.29, 0.717) is 32.4 Å². The monoisotopic (exact) mass is 445 g/mol. The summed E-state index contributed by atoms with van der Waals surface area (Å²) in [6.45, 7) is 7.10. The van der Waals surface area contributed by atoms with Crippen molar-refractivity contribution in [1.82, 2.24) is 10.2 Å². The first-order valence-corrected chi connectivity index (χ1v) is 11.4. The second kappa shape index (κ2) is 8.81. The number of carbonyl (C=O) groups excluding carboxylic acids is 3. The smallest absolute Gasteiger partial charge is 0.320 e. The number of imide groups is 1. The summed E-state index contributed by atoms with van der Waals surface area (Å²) in [5, 5.41) is 2.44. The van der Waals surface area contributed by atoms with Gasteiger partial charge >= 0.3 is 5.97 Å². The molecule has 3 aliphatic heterocycles. The number of fused-ring (bicyclic) bond motifs is 1. The number of hydrogen-bond acceptors (Lipinski definition) is 6. The molecule has 2 amide bonds. The minimum absolute atomic E-state index is 0.0979. The highest BCUT2D eigenvalue weighted by Crippen LogP contribution is 2.39. The zero-order valence-corrected chi connectivity index (χ0v) is 19.0. The first kappa shape index (κ1) is 22.7. The summed E-state index contributed by atoms with van der Waals surface area (Å²) in [6, 6.07) is 5.61. The number of anilines is 1. The minimum Gasteiger partial charge on any atom is -0.459 e. The maximum atomic E-state index is 15.3. The van der Waals surface area contributed by atoms with E-state index >= 15 is 4.39 Å². The third kappa shape index (κ3) is 4.80. The van der Waals surface area contributed by atoms with Crippen LogP contribution in [0.1, 0.15) is 57.1 Å². The number of hydrogen-bond donors (Lipinski definition) is 1. The van der Waals surface area contributed by atoms with E-state index in [1.807, 2.05) is 43.9 Å². The van der Waals surface area contributed by atoms with E-state index in [0.717, 1.165) is 23.2 Å². The predicted octanol–water partition coefficient (Wildman–Crippen LogP) is 2.32. The molecule has 3 heterocycles. The number of piperidine rings is 2. The van der Waals surface area contributed by atoms with Crippen LogP contribution in [0.3, 0.4) is 0 Å². The van der Waals surface area contributed by atoms with Crippen molar-refractivity contribution in [1.29, 1.82) is 0 Å². The lowest BCUT2D eigenvalue weighted by Crippen LogP contribution is -2.53. The van der Waals surface area contributed by atoms with Crippen LogP contribution in [0.4, 0.5) is 10.1 Å². The van der Waals surface area contributed by atoms with Crippen LogP contribution in [0.5, 0.6) is 0 Å². The first-order valence-electron chi connectivity index (χ1n) is 11.4. The van der Waals surface area contributed by atoms with Gasteiger partial charge in [-0.25, -0.2) is 4.39 Å². The zero-order valence-electron chi connectivity index (χ0n) is 19.0. The molecule has 174 valence electrons. The van der Waals surface area contributed by atoms with Crippen molar-refractivity contribution in [2.24, 2.45) is 0 Å². The number of nitrogens with zero attached hydrogens (tertiary/aromatic N) is 2. The molecule has 0 saturated carbocycles. The van der Waals surface area contributed by atoms with E-state index in [-0.39, 0.29) is 42.8 Å². The molecule has 1 N–H and O–H groups in total. The molecule has 1 aromatic rings. The van der Waals surface area contributed by atoms with Crippen molar-refractivity contribution in [2.45, 2.75) is 70.2 Å². The molecule has 32 heavy (non-hydrogen) atoms. The normalized spacial score (nSPS) is 26.6. The van der Waals surface area contributed by atoms with Gasteiger partial charge in [-0.1, -0.05) is 12.1 Å². The summed E-state index contributed by atoms with van der Waals surface area (Å²) in [4.78, 5) is 40.0. The number of ether oxygens (including phenoxy) is 1. The highest BCUT2D eigenvalue weighted by atomic mass is 19.1. The largest absolute Gasteiger partial charge is 0.459 e. The SMILES string of the molecule is CC(C)(C)OC(=O)CN1CC[C@@H](N2CCc3c([C@H]4CCC(=O)NC4=O)cccc32)[C@H](F)C1. The molecule has 2 saturated heterocycles. The van der Waals surface area contributed by atoms with Gasteiger partial charge in [0.15, 0.2) is 0 Å². The molecule has 0 aromatic heterocycles. The van der Waals surface area contributed by atoms with E-state index in [1.165, 1.54) is 0 Å². The number of carbonyl (C=O) groups is 3. The van der Waals surface area contributed by atoms with E-state index in [9.17, 15) is 14.4 Å². The summed E-state index contributed by atoms with van der Waals surface area (Å²) in [7, 11) is 0. The third-order valence-corrected chi connectivity index (χ3v) is 6.48. The lowest BCUT2D eigenvalue weighted by molar-refractivity contribution is -0.156. The van der Waals surface area contributed by atoms with E-state index < -0.39 is 11.8 Å². The first-order chi connectivity index (χ1) is 15.1. The fourth-order valence-corrected chi connectivity index (χ4v) is 5.15. The lowest BCUT2D eigenvalue weighted by Gasteiger charge is -2.40. The molecule has 0 unspecified atom stereocenters. The fraction of sp³-hybridized carbons (Fsp3) is 0.625. The quantitative estimate of drug-likeness (QED) is 0.566. The summed E-state index contributed by atoms with van der Waals surface area (Å²) in [5.74, 6) is -1.13.